The fourth-order valence-corrected chi connectivity index (χ4v) is 6.30. The maximum atomic E-state index is 12.1. The van der Waals surface area contributed by atoms with Gasteiger partial charge in [-0.05, 0) is 85.6 Å². The van der Waals surface area contributed by atoms with E-state index in [4.69, 9.17) is 33.0 Å². The van der Waals surface area contributed by atoms with Gasteiger partial charge in [0.2, 0.25) is 0 Å². The maximum Gasteiger partial charge on any atom is 0.337 e. The van der Waals surface area contributed by atoms with E-state index in [1.165, 1.54) is 7.11 Å². The average molecular weight is 587 g/mol. The van der Waals surface area contributed by atoms with Crippen LogP contribution in [-0.2, 0) is 4.74 Å². The molecule has 2 fully saturated rings. The van der Waals surface area contributed by atoms with Crippen LogP contribution in [0.4, 0.5) is 11.4 Å². The number of methoxy groups -OCH3 is 1. The zero-order chi connectivity index (χ0) is 28.5. The molecule has 2 atom stereocenters. The number of piperidine rings is 1. The number of nitrogens with one attached hydrogen (secondary N) is 1. The number of benzene rings is 2. The van der Waals surface area contributed by atoms with Crippen molar-refractivity contribution in [3.63, 3.8) is 0 Å². The molecule has 4 aromatic rings. The Labute approximate surface area is 250 Å². The smallest absolute Gasteiger partial charge is 0.337 e. The van der Waals surface area contributed by atoms with Gasteiger partial charge in [0, 0.05) is 30.5 Å². The van der Waals surface area contributed by atoms with Gasteiger partial charge < -0.3 is 24.3 Å². The first kappa shape index (κ1) is 27.3. The zero-order valence-corrected chi connectivity index (χ0v) is 24.5. The Morgan fingerprint density at radius 1 is 1.07 bits per heavy atom. The Morgan fingerprint density at radius 2 is 1.90 bits per heavy atom. The molecule has 0 spiro atoms. The van der Waals surface area contributed by atoms with Crippen molar-refractivity contribution < 1.29 is 13.9 Å². The summed E-state index contributed by atoms with van der Waals surface area (Å²) in [6, 6.07) is 22.5. The molecule has 0 unspecified atom stereocenters. The van der Waals surface area contributed by atoms with Crippen LogP contribution in [0.25, 0.3) is 11.3 Å². The van der Waals surface area contributed by atoms with Gasteiger partial charge in [-0.2, -0.15) is 0 Å². The molecule has 2 aromatic carbocycles. The SMILES string of the molecule is COC(=O)c1cccc(-c2ccc([C@H]3[C@H](c4ccccn4)NC(=S)N3c3ccc(N4CCC(C)CC4)c(Cl)c3)o2)c1. The van der Waals surface area contributed by atoms with Crippen LogP contribution in [0.15, 0.2) is 83.4 Å². The summed E-state index contributed by atoms with van der Waals surface area (Å²) in [4.78, 5) is 21.2. The molecule has 0 bridgehead atoms. The third-order valence-electron chi connectivity index (χ3n) is 7.92. The van der Waals surface area contributed by atoms with Gasteiger partial charge in [0.1, 0.15) is 17.6 Å². The molecule has 0 radical (unpaired) electrons. The third kappa shape index (κ3) is 5.42. The molecule has 0 aliphatic carbocycles. The Balaban J connectivity index is 1.37. The van der Waals surface area contributed by atoms with E-state index in [2.05, 4.69) is 39.2 Å². The number of carbonyl (C=O) groups is 1. The van der Waals surface area contributed by atoms with E-state index in [-0.39, 0.29) is 12.1 Å². The maximum absolute atomic E-state index is 12.1. The molecule has 7 nitrogen and oxygen atoms in total. The molecule has 41 heavy (non-hydrogen) atoms. The third-order valence-corrected chi connectivity index (χ3v) is 8.54. The summed E-state index contributed by atoms with van der Waals surface area (Å²) in [6.45, 7) is 4.30. The number of carbonyl (C=O) groups excluding carboxylic acids is 1. The second-order valence-corrected chi connectivity index (χ2v) is 11.4. The van der Waals surface area contributed by atoms with Gasteiger partial charge in [-0.25, -0.2) is 4.79 Å². The first-order chi connectivity index (χ1) is 19.9. The molecule has 0 saturated carbocycles. The van der Waals surface area contributed by atoms with Gasteiger partial charge in [0.15, 0.2) is 5.11 Å². The quantitative estimate of drug-likeness (QED) is 0.188. The second kappa shape index (κ2) is 11.5. The van der Waals surface area contributed by atoms with Crippen LogP contribution >= 0.6 is 23.8 Å². The van der Waals surface area contributed by atoms with Crippen molar-refractivity contribution in [2.45, 2.75) is 31.8 Å². The van der Waals surface area contributed by atoms with E-state index in [9.17, 15) is 4.79 Å². The first-order valence-electron chi connectivity index (χ1n) is 13.8. The fraction of sp³-hybridized carbons (Fsp3) is 0.281. The van der Waals surface area contributed by atoms with Crippen molar-refractivity contribution in [2.75, 3.05) is 30.0 Å². The van der Waals surface area contributed by atoms with Crippen LogP contribution in [0.2, 0.25) is 5.02 Å². The number of anilines is 2. The number of nitrogens with zero attached hydrogens (tertiary/aromatic N) is 3. The molecule has 1 N–H and O–H groups in total. The number of aromatic nitrogens is 1. The van der Waals surface area contributed by atoms with Gasteiger partial charge >= 0.3 is 5.97 Å². The van der Waals surface area contributed by atoms with Crippen molar-refractivity contribution in [3.8, 4) is 11.3 Å². The fourth-order valence-electron chi connectivity index (χ4n) is 5.66. The van der Waals surface area contributed by atoms with E-state index >= 15 is 0 Å². The molecule has 0 amide bonds. The lowest BCUT2D eigenvalue weighted by Crippen LogP contribution is -2.33. The topological polar surface area (TPSA) is 70.8 Å². The average Bonchev–Trinajstić information content (AvgIpc) is 3.62. The summed E-state index contributed by atoms with van der Waals surface area (Å²) >= 11 is 12.8. The highest BCUT2D eigenvalue weighted by Crippen LogP contribution is 2.44. The van der Waals surface area contributed by atoms with Crippen LogP contribution < -0.4 is 15.1 Å². The number of ether oxygens (including phenoxy) is 1. The lowest BCUT2D eigenvalue weighted by Gasteiger charge is -2.33. The molecular formula is C32H31ClN4O3S. The van der Waals surface area contributed by atoms with E-state index in [0.29, 0.717) is 27.2 Å². The van der Waals surface area contributed by atoms with Crippen molar-refractivity contribution in [1.29, 1.82) is 0 Å². The highest BCUT2D eigenvalue weighted by Gasteiger charge is 2.43. The number of thiocarbonyl (C=S) groups is 1. The molecule has 9 heteroatoms. The first-order valence-corrected chi connectivity index (χ1v) is 14.5. The number of hydrogen-bond acceptors (Lipinski definition) is 6. The summed E-state index contributed by atoms with van der Waals surface area (Å²) in [7, 11) is 1.37. The van der Waals surface area contributed by atoms with Gasteiger partial charge in [-0.15, -0.1) is 0 Å². The highest BCUT2D eigenvalue weighted by molar-refractivity contribution is 7.80. The summed E-state index contributed by atoms with van der Waals surface area (Å²) in [5.41, 5.74) is 3.99. The zero-order valence-electron chi connectivity index (χ0n) is 22.9. The van der Waals surface area contributed by atoms with Crippen LogP contribution in [0.1, 0.15) is 53.7 Å². The van der Waals surface area contributed by atoms with Gasteiger partial charge in [-0.3, -0.25) is 4.98 Å². The Hall–Kier alpha value is -3.88. The Bertz CT molecular complexity index is 1570. The van der Waals surface area contributed by atoms with Crippen molar-refractivity contribution in [2.24, 2.45) is 5.92 Å². The van der Waals surface area contributed by atoms with E-state index < -0.39 is 5.97 Å². The summed E-state index contributed by atoms with van der Waals surface area (Å²) in [5, 5.41) is 4.73. The van der Waals surface area contributed by atoms with Crippen LogP contribution in [0.3, 0.4) is 0 Å². The van der Waals surface area contributed by atoms with Crippen LogP contribution in [0.5, 0.6) is 0 Å². The lowest BCUT2D eigenvalue weighted by atomic mass is 9.98. The molecule has 210 valence electrons. The highest BCUT2D eigenvalue weighted by atomic mass is 35.5. The van der Waals surface area contributed by atoms with Crippen molar-refractivity contribution in [3.05, 3.63) is 101 Å². The molecule has 2 aliphatic rings. The van der Waals surface area contributed by atoms with Crippen molar-refractivity contribution >= 4 is 46.3 Å². The van der Waals surface area contributed by atoms with E-state index in [1.807, 2.05) is 48.5 Å². The standard InChI is InChI=1S/C32H31ClN4O3S/c1-20-13-16-36(17-14-20)26-10-9-23(19-24(26)33)37-30(29(35-32(37)41)25-8-3-4-15-34-25)28-12-11-27(40-28)21-6-5-7-22(18-21)31(38)39-2/h3-12,15,18-20,29-30H,13-14,16-17H2,1-2H3,(H,35,41)/t29-,30-/m0/s1. The predicted molar refractivity (Wildman–Crippen MR) is 165 cm³/mol. The monoisotopic (exact) mass is 586 g/mol. The second-order valence-electron chi connectivity index (χ2n) is 10.6. The number of halogens is 1. The minimum Gasteiger partial charge on any atom is -0.465 e. The van der Waals surface area contributed by atoms with Crippen LogP contribution in [-0.4, -0.2) is 36.3 Å². The predicted octanol–water partition coefficient (Wildman–Crippen LogP) is 7.20. The summed E-state index contributed by atoms with van der Waals surface area (Å²) in [6.07, 6.45) is 4.10. The normalized spacial score (nSPS) is 19.3. The molecule has 6 rings (SSSR count). The number of pyridine rings is 1. The minimum atomic E-state index is -0.398. The molecule has 4 heterocycles. The minimum absolute atomic E-state index is 0.258. The van der Waals surface area contributed by atoms with E-state index in [0.717, 1.165) is 54.5 Å². The summed E-state index contributed by atoms with van der Waals surface area (Å²) < 4.78 is 11.4. The van der Waals surface area contributed by atoms with Gasteiger partial charge in [-0.1, -0.05) is 36.7 Å². The Morgan fingerprint density at radius 3 is 2.63 bits per heavy atom. The number of hydrogen-bond donors (Lipinski definition) is 1. The molecule has 2 saturated heterocycles. The van der Waals surface area contributed by atoms with Gasteiger partial charge in [0.05, 0.1) is 35.1 Å². The molecule has 2 aromatic heterocycles. The molecular weight excluding hydrogens is 556 g/mol. The largest absolute Gasteiger partial charge is 0.465 e. The summed E-state index contributed by atoms with van der Waals surface area (Å²) in [5.74, 6) is 1.68. The van der Waals surface area contributed by atoms with Gasteiger partial charge in [0.25, 0.3) is 0 Å². The number of esters is 1. The lowest BCUT2D eigenvalue weighted by molar-refractivity contribution is 0.0601. The molecule has 2 aliphatic heterocycles. The van der Waals surface area contributed by atoms with E-state index in [1.54, 1.807) is 18.3 Å². The van der Waals surface area contributed by atoms with Crippen LogP contribution in [0, 0.1) is 5.92 Å². The number of rotatable bonds is 6. The Kier molecular flexibility index (Phi) is 7.69. The van der Waals surface area contributed by atoms with Crippen molar-refractivity contribution in [1.82, 2.24) is 10.3 Å². The number of furan rings is 1.